The van der Waals surface area contributed by atoms with E-state index >= 15 is 0 Å². The smallest absolute Gasteiger partial charge is 0.191 e. The average molecular weight is 329 g/mol. The number of piperazine rings is 1. The molecule has 0 bridgehead atoms. The first-order chi connectivity index (χ1) is 11.8. The van der Waals surface area contributed by atoms with Gasteiger partial charge in [-0.15, -0.1) is 0 Å². The molecule has 0 radical (unpaired) electrons. The summed E-state index contributed by atoms with van der Waals surface area (Å²) in [6.07, 6.45) is 2.53. The number of nitrogens with zero attached hydrogens (tertiary/aromatic N) is 3. The Morgan fingerprint density at radius 2 is 1.67 bits per heavy atom. The Bertz CT molecular complexity index is 527. The second-order valence-electron chi connectivity index (χ2n) is 6.87. The van der Waals surface area contributed by atoms with Crippen molar-refractivity contribution in [1.82, 2.24) is 20.4 Å². The van der Waals surface area contributed by atoms with Crippen molar-refractivity contribution in [2.45, 2.75) is 38.9 Å². The summed E-state index contributed by atoms with van der Waals surface area (Å²) in [5.74, 6) is 0.912. The van der Waals surface area contributed by atoms with E-state index in [-0.39, 0.29) is 0 Å². The normalized spacial score (nSPS) is 20.2. The molecule has 0 aromatic heterocycles. The number of hydrogen-bond donors (Lipinski definition) is 2. The summed E-state index contributed by atoms with van der Waals surface area (Å²) in [6, 6.07) is 9.62. The fourth-order valence-corrected chi connectivity index (χ4v) is 3.09. The van der Waals surface area contributed by atoms with Gasteiger partial charge in [0.05, 0.1) is 0 Å². The molecule has 0 spiro atoms. The van der Waals surface area contributed by atoms with Gasteiger partial charge in [0.2, 0.25) is 0 Å². The van der Waals surface area contributed by atoms with Crippen molar-refractivity contribution in [1.29, 1.82) is 0 Å². The highest BCUT2D eigenvalue weighted by molar-refractivity contribution is 5.80. The van der Waals surface area contributed by atoms with Crippen LogP contribution in [0.4, 0.5) is 0 Å². The summed E-state index contributed by atoms with van der Waals surface area (Å²) < 4.78 is 0. The third-order valence-electron chi connectivity index (χ3n) is 4.94. The maximum atomic E-state index is 4.28. The summed E-state index contributed by atoms with van der Waals surface area (Å²) >= 11 is 0. The maximum Gasteiger partial charge on any atom is 0.191 e. The molecular weight excluding hydrogens is 298 g/mol. The van der Waals surface area contributed by atoms with Gasteiger partial charge in [-0.05, 0) is 30.5 Å². The molecule has 24 heavy (non-hydrogen) atoms. The minimum absolute atomic E-state index is 0.631. The van der Waals surface area contributed by atoms with E-state index < -0.39 is 0 Å². The fraction of sp³-hybridized carbons (Fsp3) is 0.632. The van der Waals surface area contributed by atoms with Gasteiger partial charge in [0.25, 0.3) is 0 Å². The molecule has 1 aromatic carbocycles. The molecule has 0 unspecified atom stereocenters. The predicted molar refractivity (Wildman–Crippen MR) is 100 cm³/mol. The third-order valence-corrected chi connectivity index (χ3v) is 4.94. The van der Waals surface area contributed by atoms with Crippen molar-refractivity contribution >= 4 is 5.96 Å². The van der Waals surface area contributed by atoms with Crippen molar-refractivity contribution < 1.29 is 0 Å². The van der Waals surface area contributed by atoms with E-state index in [0.29, 0.717) is 6.04 Å². The van der Waals surface area contributed by atoms with E-state index in [4.69, 9.17) is 0 Å². The summed E-state index contributed by atoms with van der Waals surface area (Å²) in [6.45, 7) is 10.1. The first-order valence-electron chi connectivity index (χ1n) is 9.26. The number of hydrogen-bond acceptors (Lipinski definition) is 3. The fourth-order valence-electron chi connectivity index (χ4n) is 3.09. The van der Waals surface area contributed by atoms with E-state index in [1.807, 2.05) is 7.05 Å². The molecule has 1 saturated carbocycles. The number of guanidine groups is 1. The van der Waals surface area contributed by atoms with Gasteiger partial charge in [-0.25, -0.2) is 0 Å². The van der Waals surface area contributed by atoms with E-state index in [9.17, 15) is 0 Å². The van der Waals surface area contributed by atoms with Crippen molar-refractivity contribution in [2.24, 2.45) is 4.99 Å². The SMILES string of the molecule is CCN1CCN(Cc2ccc(CNC(=NC)NC3CC3)cc2)CC1. The Kier molecular flexibility index (Phi) is 6.10. The molecule has 132 valence electrons. The van der Waals surface area contributed by atoms with Crippen LogP contribution < -0.4 is 10.6 Å². The van der Waals surface area contributed by atoms with Crippen LogP contribution >= 0.6 is 0 Å². The van der Waals surface area contributed by atoms with Crippen molar-refractivity contribution in [3.05, 3.63) is 35.4 Å². The van der Waals surface area contributed by atoms with Crippen molar-refractivity contribution in [2.75, 3.05) is 39.8 Å². The molecule has 0 atom stereocenters. The first kappa shape index (κ1) is 17.2. The van der Waals surface area contributed by atoms with Gasteiger partial charge in [-0.2, -0.15) is 0 Å². The molecule has 1 aliphatic carbocycles. The van der Waals surface area contributed by atoms with Crippen LogP contribution in [0.5, 0.6) is 0 Å². The highest BCUT2D eigenvalue weighted by Crippen LogP contribution is 2.18. The zero-order valence-corrected chi connectivity index (χ0v) is 15.1. The molecular formula is C19H31N5. The van der Waals surface area contributed by atoms with Gasteiger partial charge in [0.1, 0.15) is 0 Å². The highest BCUT2D eigenvalue weighted by Gasteiger charge is 2.22. The number of likely N-dealkylation sites (N-methyl/N-ethyl adjacent to an activating group) is 1. The number of benzene rings is 1. The summed E-state index contributed by atoms with van der Waals surface area (Å²) in [4.78, 5) is 9.35. The van der Waals surface area contributed by atoms with Crippen molar-refractivity contribution in [3.8, 4) is 0 Å². The lowest BCUT2D eigenvalue weighted by Gasteiger charge is -2.34. The monoisotopic (exact) mass is 329 g/mol. The third kappa shape index (κ3) is 5.21. The van der Waals surface area contributed by atoms with E-state index in [1.54, 1.807) is 0 Å². The van der Waals surface area contributed by atoms with Gasteiger partial charge in [0, 0.05) is 52.4 Å². The Hall–Kier alpha value is -1.59. The lowest BCUT2D eigenvalue weighted by Crippen LogP contribution is -2.45. The van der Waals surface area contributed by atoms with Gasteiger partial charge < -0.3 is 15.5 Å². The molecule has 2 aliphatic rings. The van der Waals surface area contributed by atoms with Crippen molar-refractivity contribution in [3.63, 3.8) is 0 Å². The lowest BCUT2D eigenvalue weighted by molar-refractivity contribution is 0.132. The average Bonchev–Trinajstić information content (AvgIpc) is 3.44. The Labute approximate surface area is 146 Å². The van der Waals surface area contributed by atoms with Gasteiger partial charge >= 0.3 is 0 Å². The topological polar surface area (TPSA) is 42.9 Å². The van der Waals surface area contributed by atoms with Crippen LogP contribution in [0.15, 0.2) is 29.3 Å². The van der Waals surface area contributed by atoms with E-state index in [2.05, 4.69) is 56.6 Å². The van der Waals surface area contributed by atoms with Crippen LogP contribution in [-0.4, -0.2) is 61.6 Å². The lowest BCUT2D eigenvalue weighted by atomic mass is 10.1. The quantitative estimate of drug-likeness (QED) is 0.615. The zero-order chi connectivity index (χ0) is 16.8. The number of rotatable bonds is 6. The zero-order valence-electron chi connectivity index (χ0n) is 15.1. The largest absolute Gasteiger partial charge is 0.354 e. The molecule has 2 N–H and O–H groups in total. The van der Waals surface area contributed by atoms with Crippen LogP contribution in [0.2, 0.25) is 0 Å². The van der Waals surface area contributed by atoms with Crippen LogP contribution in [0.3, 0.4) is 0 Å². The first-order valence-corrected chi connectivity index (χ1v) is 9.26. The summed E-state index contributed by atoms with van der Waals surface area (Å²) in [7, 11) is 1.83. The second-order valence-corrected chi connectivity index (χ2v) is 6.87. The number of nitrogens with one attached hydrogen (secondary N) is 2. The van der Waals surface area contributed by atoms with Crippen LogP contribution in [0.25, 0.3) is 0 Å². The molecule has 5 heteroatoms. The molecule has 1 saturated heterocycles. The van der Waals surface area contributed by atoms with E-state index in [1.165, 1.54) is 56.7 Å². The minimum Gasteiger partial charge on any atom is -0.354 e. The maximum absolute atomic E-state index is 4.28. The van der Waals surface area contributed by atoms with Crippen LogP contribution in [0.1, 0.15) is 30.9 Å². The molecule has 1 heterocycles. The molecule has 5 nitrogen and oxygen atoms in total. The highest BCUT2D eigenvalue weighted by atomic mass is 15.3. The summed E-state index contributed by atoms with van der Waals surface area (Å²) in [5, 5.41) is 6.81. The predicted octanol–water partition coefficient (Wildman–Crippen LogP) is 1.65. The van der Waals surface area contributed by atoms with Gasteiger partial charge in [-0.1, -0.05) is 31.2 Å². The molecule has 1 aromatic rings. The van der Waals surface area contributed by atoms with Gasteiger partial charge in [0.15, 0.2) is 5.96 Å². The van der Waals surface area contributed by atoms with E-state index in [0.717, 1.165) is 19.0 Å². The van der Waals surface area contributed by atoms with Crippen LogP contribution in [0, 0.1) is 0 Å². The molecule has 2 fully saturated rings. The van der Waals surface area contributed by atoms with Crippen LogP contribution in [-0.2, 0) is 13.1 Å². The molecule has 0 amide bonds. The standard InChI is InChI=1S/C19H31N5/c1-3-23-10-12-24(13-11-23)15-17-6-4-16(5-7-17)14-21-19(20-2)22-18-8-9-18/h4-7,18H,3,8-15H2,1-2H3,(H2,20,21,22). The Balaban J connectivity index is 1.43. The Morgan fingerprint density at radius 1 is 1.04 bits per heavy atom. The Morgan fingerprint density at radius 3 is 2.25 bits per heavy atom. The summed E-state index contributed by atoms with van der Waals surface area (Å²) in [5.41, 5.74) is 2.71. The molecule has 3 rings (SSSR count). The second kappa shape index (κ2) is 8.49. The van der Waals surface area contributed by atoms with Gasteiger partial charge in [-0.3, -0.25) is 9.89 Å². The number of aliphatic imine (C=N–C) groups is 1. The minimum atomic E-state index is 0.631. The molecule has 1 aliphatic heterocycles.